The van der Waals surface area contributed by atoms with E-state index in [2.05, 4.69) is 27.3 Å². The maximum absolute atomic E-state index is 12.8. The van der Waals surface area contributed by atoms with Crippen LogP contribution in [0.5, 0.6) is 5.75 Å². The number of ether oxygens (including phenoxy) is 1. The van der Waals surface area contributed by atoms with E-state index in [4.69, 9.17) is 0 Å². The lowest BCUT2D eigenvalue weighted by Crippen LogP contribution is -2.36. The van der Waals surface area contributed by atoms with E-state index in [-0.39, 0.29) is 35.9 Å². The molecule has 1 heterocycles. The number of halogens is 3. The molecule has 170 valence electrons. The SMILES string of the molecule is CCCCN(C)CC1=C(C(=O)NCC(=O)NC)N=C(c2ccccc2OC(F)(F)F)C1. The highest BCUT2D eigenvalue weighted by atomic mass is 19.4. The molecule has 2 N–H and O–H groups in total. The number of amides is 2. The molecule has 2 rings (SSSR count). The third kappa shape index (κ3) is 7.39. The topological polar surface area (TPSA) is 83.0 Å². The molecule has 1 aromatic carbocycles. The maximum Gasteiger partial charge on any atom is 0.573 e. The van der Waals surface area contributed by atoms with Crippen molar-refractivity contribution in [3.63, 3.8) is 0 Å². The number of aliphatic imine (C=N–C) groups is 1. The number of hydrogen-bond donors (Lipinski definition) is 2. The summed E-state index contributed by atoms with van der Waals surface area (Å²) < 4.78 is 42.6. The van der Waals surface area contributed by atoms with Crippen molar-refractivity contribution in [1.82, 2.24) is 15.5 Å². The van der Waals surface area contributed by atoms with Gasteiger partial charge in [0.15, 0.2) is 0 Å². The first-order valence-corrected chi connectivity index (χ1v) is 9.96. The molecular formula is C21H27F3N4O3. The van der Waals surface area contributed by atoms with E-state index in [1.165, 1.54) is 25.2 Å². The average molecular weight is 440 g/mol. The van der Waals surface area contributed by atoms with Crippen LogP contribution < -0.4 is 15.4 Å². The number of para-hydroxylation sites is 1. The molecule has 0 atom stereocenters. The predicted molar refractivity (Wildman–Crippen MR) is 111 cm³/mol. The fraction of sp³-hybridized carbons (Fsp3) is 0.476. The van der Waals surface area contributed by atoms with Crippen molar-refractivity contribution in [2.24, 2.45) is 4.99 Å². The highest BCUT2D eigenvalue weighted by Gasteiger charge is 2.33. The number of hydrogen-bond acceptors (Lipinski definition) is 5. The second kappa shape index (κ2) is 10.9. The number of nitrogens with one attached hydrogen (secondary N) is 2. The number of carbonyl (C=O) groups excluding carboxylic acids is 2. The Morgan fingerprint density at radius 1 is 1.26 bits per heavy atom. The van der Waals surface area contributed by atoms with Gasteiger partial charge in [0.05, 0.1) is 12.3 Å². The quantitative estimate of drug-likeness (QED) is 0.586. The normalized spacial score (nSPS) is 14.0. The van der Waals surface area contributed by atoms with Gasteiger partial charge in [-0.3, -0.25) is 9.59 Å². The van der Waals surface area contributed by atoms with Crippen LogP contribution >= 0.6 is 0 Å². The van der Waals surface area contributed by atoms with E-state index in [1.54, 1.807) is 6.07 Å². The maximum atomic E-state index is 12.8. The van der Waals surface area contributed by atoms with E-state index in [1.807, 2.05) is 11.9 Å². The number of unbranched alkanes of at least 4 members (excludes halogenated alkanes) is 1. The van der Waals surface area contributed by atoms with Crippen molar-refractivity contribution in [3.05, 3.63) is 41.1 Å². The molecule has 1 aliphatic heterocycles. The zero-order valence-corrected chi connectivity index (χ0v) is 17.8. The molecule has 0 aromatic heterocycles. The molecule has 0 saturated carbocycles. The van der Waals surface area contributed by atoms with Gasteiger partial charge in [0.2, 0.25) is 5.91 Å². The van der Waals surface area contributed by atoms with Crippen molar-refractivity contribution in [2.45, 2.75) is 32.5 Å². The lowest BCUT2D eigenvalue weighted by atomic mass is 10.0. The summed E-state index contributed by atoms with van der Waals surface area (Å²) in [6, 6.07) is 5.70. The number of alkyl halides is 3. The third-order valence-electron chi connectivity index (χ3n) is 4.64. The highest BCUT2D eigenvalue weighted by molar-refractivity contribution is 6.11. The van der Waals surface area contributed by atoms with Crippen LogP contribution in [0.15, 0.2) is 40.5 Å². The largest absolute Gasteiger partial charge is 0.573 e. The summed E-state index contributed by atoms with van der Waals surface area (Å²) in [5, 5.41) is 4.91. The van der Waals surface area contributed by atoms with Gasteiger partial charge in [-0.2, -0.15) is 0 Å². The molecule has 0 spiro atoms. The van der Waals surface area contributed by atoms with Gasteiger partial charge >= 0.3 is 6.36 Å². The molecule has 1 aromatic rings. The van der Waals surface area contributed by atoms with Gasteiger partial charge < -0.3 is 20.3 Å². The molecule has 0 saturated heterocycles. The Hall–Kier alpha value is -2.88. The number of nitrogens with zero attached hydrogens (tertiary/aromatic N) is 2. The number of rotatable bonds is 10. The summed E-state index contributed by atoms with van der Waals surface area (Å²) in [5.74, 6) is -1.30. The summed E-state index contributed by atoms with van der Waals surface area (Å²) >= 11 is 0. The van der Waals surface area contributed by atoms with E-state index in [9.17, 15) is 22.8 Å². The Morgan fingerprint density at radius 3 is 2.61 bits per heavy atom. The summed E-state index contributed by atoms with van der Waals surface area (Å²) in [6.07, 6.45) is -2.66. The first-order chi connectivity index (χ1) is 14.6. The molecule has 1 aliphatic rings. The lowest BCUT2D eigenvalue weighted by Gasteiger charge is -2.18. The van der Waals surface area contributed by atoms with Crippen LogP contribution in [0.3, 0.4) is 0 Å². The van der Waals surface area contributed by atoms with Crippen LogP contribution in [-0.4, -0.2) is 62.5 Å². The van der Waals surface area contributed by atoms with Crippen molar-refractivity contribution >= 4 is 17.5 Å². The van der Waals surface area contributed by atoms with Crippen molar-refractivity contribution in [1.29, 1.82) is 0 Å². The molecule has 0 unspecified atom stereocenters. The first kappa shape index (κ1) is 24.4. The average Bonchev–Trinajstić information content (AvgIpc) is 3.12. The predicted octanol–water partition coefficient (Wildman–Crippen LogP) is 2.63. The zero-order valence-electron chi connectivity index (χ0n) is 17.8. The fourth-order valence-electron chi connectivity index (χ4n) is 3.12. The minimum atomic E-state index is -4.85. The Bertz CT molecular complexity index is 866. The first-order valence-electron chi connectivity index (χ1n) is 9.96. The van der Waals surface area contributed by atoms with Crippen LogP contribution in [0, 0.1) is 0 Å². The summed E-state index contributed by atoms with van der Waals surface area (Å²) in [6.45, 7) is 3.07. The summed E-state index contributed by atoms with van der Waals surface area (Å²) in [5.41, 5.74) is 1.26. The molecule has 0 radical (unpaired) electrons. The van der Waals surface area contributed by atoms with Gasteiger partial charge in [-0.05, 0) is 37.7 Å². The molecule has 0 bridgehead atoms. The molecule has 10 heteroatoms. The third-order valence-corrected chi connectivity index (χ3v) is 4.64. The summed E-state index contributed by atoms with van der Waals surface area (Å²) in [7, 11) is 3.35. The van der Waals surface area contributed by atoms with E-state index >= 15 is 0 Å². The van der Waals surface area contributed by atoms with Gasteiger partial charge in [-0.15, -0.1) is 13.2 Å². The summed E-state index contributed by atoms with van der Waals surface area (Å²) in [4.78, 5) is 30.5. The minimum Gasteiger partial charge on any atom is -0.405 e. The van der Waals surface area contributed by atoms with E-state index in [0.29, 0.717) is 17.8 Å². The van der Waals surface area contributed by atoms with E-state index in [0.717, 1.165) is 19.4 Å². The van der Waals surface area contributed by atoms with Gasteiger partial charge in [-0.25, -0.2) is 4.99 Å². The van der Waals surface area contributed by atoms with Crippen LogP contribution in [0.2, 0.25) is 0 Å². The number of likely N-dealkylation sites (N-methyl/N-ethyl adjacent to an activating group) is 2. The van der Waals surface area contributed by atoms with Gasteiger partial charge in [0, 0.05) is 25.6 Å². The van der Waals surface area contributed by atoms with E-state index < -0.39 is 12.3 Å². The van der Waals surface area contributed by atoms with Crippen LogP contribution in [0.4, 0.5) is 13.2 Å². The Balaban J connectivity index is 2.30. The Morgan fingerprint density at radius 2 is 1.97 bits per heavy atom. The van der Waals surface area contributed by atoms with Crippen LogP contribution in [0.1, 0.15) is 31.7 Å². The van der Waals surface area contributed by atoms with Gasteiger partial charge in [0.25, 0.3) is 5.91 Å². The molecular weight excluding hydrogens is 413 g/mol. The zero-order chi connectivity index (χ0) is 23.0. The number of carbonyl (C=O) groups is 2. The lowest BCUT2D eigenvalue weighted by molar-refractivity contribution is -0.274. The minimum absolute atomic E-state index is 0.115. The second-order valence-electron chi connectivity index (χ2n) is 7.18. The van der Waals surface area contributed by atoms with Crippen molar-refractivity contribution < 1.29 is 27.5 Å². The standard InChI is InChI=1S/C21H27F3N4O3/c1-4-5-10-28(3)13-14-11-16(27-19(14)20(30)26-12-18(29)25-2)15-8-6-7-9-17(15)31-21(22,23)24/h6-9H,4-5,10-13H2,1-3H3,(H,25,29)(H,26,30). The van der Waals surface area contributed by atoms with Crippen LogP contribution in [-0.2, 0) is 9.59 Å². The fourth-order valence-corrected chi connectivity index (χ4v) is 3.12. The molecule has 0 fully saturated rings. The van der Waals surface area contributed by atoms with Crippen LogP contribution in [0.25, 0.3) is 0 Å². The highest BCUT2D eigenvalue weighted by Crippen LogP contribution is 2.32. The molecule has 0 aliphatic carbocycles. The van der Waals surface area contributed by atoms with Crippen molar-refractivity contribution in [3.8, 4) is 5.75 Å². The monoisotopic (exact) mass is 440 g/mol. The van der Waals surface area contributed by atoms with Gasteiger partial charge in [-0.1, -0.05) is 25.5 Å². The second-order valence-corrected chi connectivity index (χ2v) is 7.18. The molecule has 31 heavy (non-hydrogen) atoms. The Labute approximate surface area is 179 Å². The van der Waals surface area contributed by atoms with Crippen molar-refractivity contribution in [2.75, 3.05) is 33.7 Å². The molecule has 2 amide bonds. The van der Waals surface area contributed by atoms with Gasteiger partial charge in [0.1, 0.15) is 11.4 Å². The smallest absolute Gasteiger partial charge is 0.405 e. The Kier molecular flexibility index (Phi) is 8.61. The number of benzene rings is 1. The molecule has 7 nitrogen and oxygen atoms in total.